The molecular formula is C22H28N6O. The SMILES string of the molecule is OCCCCc1nc(N/N=C/c2c[nH]c3ccccc23)cc(N2CCCCC2)n1. The van der Waals surface area contributed by atoms with Crippen molar-refractivity contribution in [2.45, 2.75) is 38.5 Å². The Morgan fingerprint density at radius 3 is 2.86 bits per heavy atom. The third kappa shape index (κ3) is 4.92. The van der Waals surface area contributed by atoms with E-state index in [1.54, 1.807) is 0 Å². The smallest absolute Gasteiger partial charge is 0.152 e. The summed E-state index contributed by atoms with van der Waals surface area (Å²) >= 11 is 0. The summed E-state index contributed by atoms with van der Waals surface area (Å²) in [7, 11) is 0. The molecule has 0 spiro atoms. The van der Waals surface area contributed by atoms with Crippen LogP contribution in [0.4, 0.5) is 11.6 Å². The fourth-order valence-electron chi connectivity index (χ4n) is 3.70. The summed E-state index contributed by atoms with van der Waals surface area (Å²) in [4.78, 5) is 15.0. The van der Waals surface area contributed by atoms with Crippen LogP contribution in [0, 0.1) is 0 Å². The first-order valence-electron chi connectivity index (χ1n) is 10.4. The highest BCUT2D eigenvalue weighted by molar-refractivity contribution is 5.99. The number of para-hydroxylation sites is 1. The molecule has 1 saturated heterocycles. The summed E-state index contributed by atoms with van der Waals surface area (Å²) in [6.07, 6.45) is 9.84. The van der Waals surface area contributed by atoms with Gasteiger partial charge in [0.15, 0.2) is 5.82 Å². The van der Waals surface area contributed by atoms with Crippen LogP contribution < -0.4 is 10.3 Å². The Labute approximate surface area is 170 Å². The van der Waals surface area contributed by atoms with Crippen molar-refractivity contribution < 1.29 is 5.11 Å². The number of benzene rings is 1. The van der Waals surface area contributed by atoms with Crippen LogP contribution in [0.3, 0.4) is 0 Å². The number of aliphatic hydroxyl groups excluding tert-OH is 1. The number of aryl methyl sites for hydroxylation is 1. The number of anilines is 2. The molecule has 0 unspecified atom stereocenters. The van der Waals surface area contributed by atoms with Crippen molar-refractivity contribution in [3.05, 3.63) is 47.9 Å². The number of aromatic amines is 1. The van der Waals surface area contributed by atoms with Gasteiger partial charge in [0.2, 0.25) is 0 Å². The molecule has 0 bridgehead atoms. The third-order valence-corrected chi connectivity index (χ3v) is 5.25. The molecule has 4 rings (SSSR count). The molecule has 2 aromatic heterocycles. The second-order valence-corrected chi connectivity index (χ2v) is 7.42. The van der Waals surface area contributed by atoms with Crippen LogP contribution in [0.25, 0.3) is 10.9 Å². The van der Waals surface area contributed by atoms with Crippen LogP contribution in [-0.2, 0) is 6.42 Å². The number of aromatic nitrogens is 3. The quantitative estimate of drug-likeness (QED) is 0.309. The van der Waals surface area contributed by atoms with Gasteiger partial charge in [-0.25, -0.2) is 9.97 Å². The summed E-state index contributed by atoms with van der Waals surface area (Å²) in [6, 6.07) is 10.1. The number of H-pyrrole nitrogens is 1. The van der Waals surface area contributed by atoms with Gasteiger partial charge in [0, 0.05) is 54.8 Å². The average Bonchev–Trinajstić information content (AvgIpc) is 3.18. The number of unbranched alkanes of at least 4 members (excludes halogenated alkanes) is 1. The molecule has 0 atom stereocenters. The summed E-state index contributed by atoms with van der Waals surface area (Å²) in [5.41, 5.74) is 5.21. The number of hydrogen-bond donors (Lipinski definition) is 3. The van der Waals surface area contributed by atoms with Gasteiger partial charge in [-0.1, -0.05) is 18.2 Å². The van der Waals surface area contributed by atoms with Crippen LogP contribution >= 0.6 is 0 Å². The number of aliphatic hydroxyl groups is 1. The number of hydrazone groups is 1. The standard InChI is InChI=1S/C22H28N6O/c29-13-7-4-10-20-25-21(14-22(26-20)28-11-5-1-6-12-28)27-24-16-17-15-23-19-9-3-2-8-18(17)19/h2-3,8-9,14-16,23,29H,1,4-7,10-13H2,(H,25,26,27)/b24-16+. The number of fused-ring (bicyclic) bond motifs is 1. The Bertz CT molecular complexity index is 961. The first kappa shape index (κ1) is 19.4. The van der Waals surface area contributed by atoms with E-state index >= 15 is 0 Å². The van der Waals surface area contributed by atoms with Crippen LogP contribution in [0.2, 0.25) is 0 Å². The normalized spacial score (nSPS) is 14.7. The van der Waals surface area contributed by atoms with Crippen molar-refractivity contribution in [1.29, 1.82) is 0 Å². The Hall–Kier alpha value is -2.93. The Balaban J connectivity index is 1.52. The maximum atomic E-state index is 9.06. The molecule has 0 saturated carbocycles. The number of piperidine rings is 1. The lowest BCUT2D eigenvalue weighted by Gasteiger charge is -2.28. The van der Waals surface area contributed by atoms with E-state index in [4.69, 9.17) is 10.1 Å². The van der Waals surface area contributed by atoms with Crippen molar-refractivity contribution in [3.8, 4) is 0 Å². The van der Waals surface area contributed by atoms with Gasteiger partial charge < -0.3 is 15.0 Å². The van der Waals surface area contributed by atoms with E-state index in [0.29, 0.717) is 5.82 Å². The van der Waals surface area contributed by atoms with E-state index in [1.807, 2.05) is 36.7 Å². The van der Waals surface area contributed by atoms with E-state index in [1.165, 1.54) is 19.3 Å². The topological polar surface area (TPSA) is 89.4 Å². The van der Waals surface area contributed by atoms with Crippen LogP contribution in [0.15, 0.2) is 41.6 Å². The third-order valence-electron chi connectivity index (χ3n) is 5.25. The molecule has 0 radical (unpaired) electrons. The predicted molar refractivity (Wildman–Crippen MR) is 118 cm³/mol. The molecule has 0 amide bonds. The maximum Gasteiger partial charge on any atom is 0.152 e. The van der Waals surface area contributed by atoms with Gasteiger partial charge >= 0.3 is 0 Å². The molecule has 3 N–H and O–H groups in total. The maximum absolute atomic E-state index is 9.06. The Morgan fingerprint density at radius 2 is 2.00 bits per heavy atom. The zero-order chi connectivity index (χ0) is 19.9. The summed E-state index contributed by atoms with van der Waals surface area (Å²) in [6.45, 7) is 2.27. The minimum absolute atomic E-state index is 0.200. The highest BCUT2D eigenvalue weighted by Gasteiger charge is 2.14. The van der Waals surface area contributed by atoms with E-state index in [0.717, 1.165) is 60.5 Å². The monoisotopic (exact) mass is 392 g/mol. The largest absolute Gasteiger partial charge is 0.396 e. The Morgan fingerprint density at radius 1 is 1.14 bits per heavy atom. The van der Waals surface area contributed by atoms with Crippen molar-refractivity contribution in [2.75, 3.05) is 30.0 Å². The second-order valence-electron chi connectivity index (χ2n) is 7.42. The van der Waals surface area contributed by atoms with Crippen LogP contribution in [0.5, 0.6) is 0 Å². The predicted octanol–water partition coefficient (Wildman–Crippen LogP) is 3.71. The van der Waals surface area contributed by atoms with Gasteiger partial charge in [0.05, 0.1) is 6.21 Å². The minimum Gasteiger partial charge on any atom is -0.396 e. The molecule has 1 fully saturated rings. The molecule has 0 aliphatic carbocycles. The molecule has 152 valence electrons. The lowest BCUT2D eigenvalue weighted by Crippen LogP contribution is -2.30. The molecule has 1 aromatic carbocycles. The fourth-order valence-corrected chi connectivity index (χ4v) is 3.70. The van der Waals surface area contributed by atoms with E-state index in [9.17, 15) is 0 Å². The number of nitrogens with zero attached hydrogens (tertiary/aromatic N) is 4. The molecule has 3 heterocycles. The number of rotatable bonds is 8. The van der Waals surface area contributed by atoms with Gasteiger partial charge in [-0.05, 0) is 38.2 Å². The van der Waals surface area contributed by atoms with Gasteiger partial charge in [-0.15, -0.1) is 0 Å². The van der Waals surface area contributed by atoms with Gasteiger partial charge in [-0.3, -0.25) is 5.43 Å². The van der Waals surface area contributed by atoms with E-state index < -0.39 is 0 Å². The van der Waals surface area contributed by atoms with Crippen LogP contribution in [-0.4, -0.2) is 46.0 Å². The molecule has 7 heteroatoms. The lowest BCUT2D eigenvalue weighted by atomic mass is 10.1. The van der Waals surface area contributed by atoms with Crippen molar-refractivity contribution in [3.63, 3.8) is 0 Å². The minimum atomic E-state index is 0.200. The van der Waals surface area contributed by atoms with Gasteiger partial charge in [0.1, 0.15) is 11.6 Å². The zero-order valence-electron chi connectivity index (χ0n) is 16.6. The lowest BCUT2D eigenvalue weighted by molar-refractivity contribution is 0.284. The first-order chi connectivity index (χ1) is 14.3. The van der Waals surface area contributed by atoms with Crippen molar-refractivity contribution in [2.24, 2.45) is 5.10 Å². The highest BCUT2D eigenvalue weighted by atomic mass is 16.2. The van der Waals surface area contributed by atoms with Crippen molar-refractivity contribution in [1.82, 2.24) is 15.0 Å². The fraction of sp³-hybridized carbons (Fsp3) is 0.409. The molecule has 1 aliphatic rings. The summed E-state index contributed by atoms with van der Waals surface area (Å²) in [5, 5.41) is 14.6. The molecule has 3 aromatic rings. The van der Waals surface area contributed by atoms with E-state index in [-0.39, 0.29) is 6.61 Å². The first-order valence-corrected chi connectivity index (χ1v) is 10.4. The Kier molecular flexibility index (Phi) is 6.36. The second kappa shape index (κ2) is 9.52. The van der Waals surface area contributed by atoms with Gasteiger partial charge in [0.25, 0.3) is 0 Å². The van der Waals surface area contributed by atoms with Crippen molar-refractivity contribution >= 4 is 28.8 Å². The molecular weight excluding hydrogens is 364 g/mol. The van der Waals surface area contributed by atoms with E-state index in [2.05, 4.69) is 31.5 Å². The zero-order valence-corrected chi connectivity index (χ0v) is 16.6. The highest BCUT2D eigenvalue weighted by Crippen LogP contribution is 2.21. The molecule has 29 heavy (non-hydrogen) atoms. The summed E-state index contributed by atoms with van der Waals surface area (Å²) in [5.74, 6) is 2.46. The number of nitrogens with one attached hydrogen (secondary N) is 2. The summed E-state index contributed by atoms with van der Waals surface area (Å²) < 4.78 is 0. The van der Waals surface area contributed by atoms with Crippen LogP contribution in [0.1, 0.15) is 43.5 Å². The molecule has 7 nitrogen and oxygen atoms in total. The average molecular weight is 393 g/mol. The molecule has 1 aliphatic heterocycles. The number of hydrogen-bond acceptors (Lipinski definition) is 6. The van der Waals surface area contributed by atoms with Gasteiger partial charge in [-0.2, -0.15) is 5.10 Å².